The highest BCUT2D eigenvalue weighted by Crippen LogP contribution is 2.34. The number of amides is 1. The van der Waals surface area contributed by atoms with Gasteiger partial charge in [0.15, 0.2) is 0 Å². The Kier molecular flexibility index (Phi) is 2.60. The zero-order chi connectivity index (χ0) is 15.1. The average molecular weight is 285 g/mol. The van der Waals surface area contributed by atoms with Gasteiger partial charge in [-0.15, -0.1) is 0 Å². The fourth-order valence-corrected chi connectivity index (χ4v) is 2.78. The number of benzene rings is 2. The van der Waals surface area contributed by atoms with E-state index in [0.717, 1.165) is 22.0 Å². The SMILES string of the molecule is N#Cc1ccc2c(c1)NC(=O)/C2=C/c1c[nH]c2ccccc12. The number of carbonyl (C=O) groups is 1. The van der Waals surface area contributed by atoms with Crippen molar-refractivity contribution in [2.24, 2.45) is 0 Å². The van der Waals surface area contributed by atoms with Gasteiger partial charge >= 0.3 is 0 Å². The fraction of sp³-hybridized carbons (Fsp3) is 0. The van der Waals surface area contributed by atoms with E-state index in [-0.39, 0.29) is 5.91 Å². The smallest absolute Gasteiger partial charge is 0.256 e. The molecule has 4 heteroatoms. The second kappa shape index (κ2) is 4.61. The maximum atomic E-state index is 12.2. The van der Waals surface area contributed by atoms with Gasteiger partial charge < -0.3 is 10.3 Å². The number of carbonyl (C=O) groups excluding carboxylic acids is 1. The Morgan fingerprint density at radius 2 is 2.00 bits per heavy atom. The second-order valence-corrected chi connectivity index (χ2v) is 5.17. The molecule has 1 amide bonds. The molecule has 0 bridgehead atoms. The minimum Gasteiger partial charge on any atom is -0.361 e. The van der Waals surface area contributed by atoms with Crippen LogP contribution in [0.5, 0.6) is 0 Å². The number of aromatic nitrogens is 1. The molecule has 104 valence electrons. The van der Waals surface area contributed by atoms with Gasteiger partial charge in [-0.1, -0.05) is 24.3 Å². The van der Waals surface area contributed by atoms with E-state index < -0.39 is 0 Å². The Morgan fingerprint density at radius 1 is 1.14 bits per heavy atom. The van der Waals surface area contributed by atoms with Crippen LogP contribution in [0.1, 0.15) is 16.7 Å². The van der Waals surface area contributed by atoms with Crippen molar-refractivity contribution in [1.82, 2.24) is 4.98 Å². The number of para-hydroxylation sites is 1. The molecule has 0 aliphatic carbocycles. The molecule has 0 atom stereocenters. The molecule has 2 heterocycles. The lowest BCUT2D eigenvalue weighted by Gasteiger charge is -1.98. The number of fused-ring (bicyclic) bond motifs is 2. The Hall–Kier alpha value is -3.32. The quantitative estimate of drug-likeness (QED) is 0.671. The molecule has 0 fully saturated rings. The first-order chi connectivity index (χ1) is 10.8. The predicted octanol–water partition coefficient (Wildman–Crippen LogP) is 3.53. The summed E-state index contributed by atoms with van der Waals surface area (Å²) in [5.41, 5.74) is 4.67. The molecule has 1 aliphatic heterocycles. The number of rotatable bonds is 1. The van der Waals surface area contributed by atoms with Crippen molar-refractivity contribution in [1.29, 1.82) is 5.26 Å². The Bertz CT molecular complexity index is 989. The summed E-state index contributed by atoms with van der Waals surface area (Å²) in [6.45, 7) is 0. The molecule has 0 saturated heterocycles. The summed E-state index contributed by atoms with van der Waals surface area (Å²) in [6.07, 6.45) is 3.78. The first-order valence-electron chi connectivity index (χ1n) is 6.90. The Labute approximate surface area is 126 Å². The fourth-order valence-electron chi connectivity index (χ4n) is 2.78. The summed E-state index contributed by atoms with van der Waals surface area (Å²) in [4.78, 5) is 15.4. The van der Waals surface area contributed by atoms with Gasteiger partial charge in [-0.05, 0) is 24.3 Å². The number of nitrogens with zero attached hydrogens (tertiary/aromatic N) is 1. The van der Waals surface area contributed by atoms with E-state index in [4.69, 9.17) is 5.26 Å². The summed E-state index contributed by atoms with van der Waals surface area (Å²) in [5, 5.41) is 12.8. The van der Waals surface area contributed by atoms with Crippen molar-refractivity contribution in [3.05, 3.63) is 65.4 Å². The lowest BCUT2D eigenvalue weighted by molar-refractivity contribution is -0.110. The van der Waals surface area contributed by atoms with E-state index in [0.29, 0.717) is 16.8 Å². The number of nitrogens with one attached hydrogen (secondary N) is 2. The van der Waals surface area contributed by atoms with E-state index in [1.54, 1.807) is 12.1 Å². The molecular weight excluding hydrogens is 274 g/mol. The van der Waals surface area contributed by atoms with Gasteiger partial charge in [-0.25, -0.2) is 0 Å². The molecule has 1 aromatic heterocycles. The lowest BCUT2D eigenvalue weighted by Crippen LogP contribution is -2.03. The number of hydrogen-bond donors (Lipinski definition) is 2. The molecule has 1 aliphatic rings. The molecule has 0 saturated carbocycles. The van der Waals surface area contributed by atoms with E-state index in [2.05, 4.69) is 16.4 Å². The molecule has 4 nitrogen and oxygen atoms in total. The van der Waals surface area contributed by atoms with Gasteiger partial charge in [0.25, 0.3) is 5.91 Å². The minimum absolute atomic E-state index is 0.143. The number of H-pyrrole nitrogens is 1. The van der Waals surface area contributed by atoms with E-state index in [1.165, 1.54) is 0 Å². The predicted molar refractivity (Wildman–Crippen MR) is 86.0 cm³/mol. The number of aromatic amines is 1. The molecule has 22 heavy (non-hydrogen) atoms. The van der Waals surface area contributed by atoms with Crippen LogP contribution in [-0.2, 0) is 4.79 Å². The highest BCUT2D eigenvalue weighted by Gasteiger charge is 2.24. The third kappa shape index (κ3) is 1.80. The third-order valence-electron chi connectivity index (χ3n) is 3.85. The van der Waals surface area contributed by atoms with Gasteiger partial charge in [-0.3, -0.25) is 4.79 Å². The molecule has 0 spiro atoms. The van der Waals surface area contributed by atoms with E-state index >= 15 is 0 Å². The van der Waals surface area contributed by atoms with Gasteiger partial charge in [0, 0.05) is 33.8 Å². The summed E-state index contributed by atoms with van der Waals surface area (Å²) in [5.74, 6) is -0.143. The highest BCUT2D eigenvalue weighted by molar-refractivity contribution is 6.35. The summed E-state index contributed by atoms with van der Waals surface area (Å²) in [6, 6.07) is 15.3. The standard InChI is InChI=1S/C18H11N3O/c19-9-11-5-6-14-15(18(22)21-17(14)7-11)8-12-10-20-16-4-2-1-3-13(12)16/h1-8,10,20H,(H,21,22)/b15-8+. The Balaban J connectivity index is 1.87. The second-order valence-electron chi connectivity index (χ2n) is 5.17. The van der Waals surface area contributed by atoms with Crippen LogP contribution >= 0.6 is 0 Å². The molecule has 4 rings (SSSR count). The van der Waals surface area contributed by atoms with Crippen LogP contribution in [0.25, 0.3) is 22.6 Å². The van der Waals surface area contributed by atoms with Crippen LogP contribution in [0, 0.1) is 11.3 Å². The average Bonchev–Trinajstić information content (AvgIpc) is 3.09. The summed E-state index contributed by atoms with van der Waals surface area (Å²) < 4.78 is 0. The van der Waals surface area contributed by atoms with Gasteiger partial charge in [0.2, 0.25) is 0 Å². The molecule has 2 aromatic carbocycles. The minimum atomic E-state index is -0.143. The molecule has 0 unspecified atom stereocenters. The zero-order valence-electron chi connectivity index (χ0n) is 11.6. The van der Waals surface area contributed by atoms with Crippen molar-refractivity contribution >= 4 is 34.1 Å². The summed E-state index contributed by atoms with van der Waals surface area (Å²) >= 11 is 0. The van der Waals surface area contributed by atoms with Gasteiger partial charge in [0.1, 0.15) is 0 Å². The number of anilines is 1. The van der Waals surface area contributed by atoms with E-state index in [9.17, 15) is 4.79 Å². The van der Waals surface area contributed by atoms with Gasteiger partial charge in [-0.2, -0.15) is 5.26 Å². The van der Waals surface area contributed by atoms with Crippen LogP contribution in [-0.4, -0.2) is 10.9 Å². The largest absolute Gasteiger partial charge is 0.361 e. The monoisotopic (exact) mass is 285 g/mol. The maximum absolute atomic E-state index is 12.2. The first kappa shape index (κ1) is 12.4. The van der Waals surface area contributed by atoms with Crippen LogP contribution < -0.4 is 5.32 Å². The normalized spacial score (nSPS) is 14.9. The van der Waals surface area contributed by atoms with Crippen LogP contribution in [0.15, 0.2) is 48.7 Å². The van der Waals surface area contributed by atoms with Crippen molar-refractivity contribution < 1.29 is 4.79 Å². The molecule has 3 aromatic rings. The maximum Gasteiger partial charge on any atom is 0.256 e. The van der Waals surface area contributed by atoms with Crippen LogP contribution in [0.4, 0.5) is 5.69 Å². The Morgan fingerprint density at radius 3 is 2.86 bits per heavy atom. The van der Waals surface area contributed by atoms with Crippen LogP contribution in [0.3, 0.4) is 0 Å². The van der Waals surface area contributed by atoms with Gasteiger partial charge in [0.05, 0.1) is 17.3 Å². The molecule has 0 radical (unpaired) electrons. The van der Waals surface area contributed by atoms with Crippen LogP contribution in [0.2, 0.25) is 0 Å². The molecule has 2 N–H and O–H groups in total. The summed E-state index contributed by atoms with van der Waals surface area (Å²) in [7, 11) is 0. The van der Waals surface area contributed by atoms with E-state index in [1.807, 2.05) is 42.6 Å². The number of nitriles is 1. The highest BCUT2D eigenvalue weighted by atomic mass is 16.2. The first-order valence-corrected chi connectivity index (χ1v) is 6.90. The zero-order valence-corrected chi connectivity index (χ0v) is 11.6. The topological polar surface area (TPSA) is 68.7 Å². The lowest BCUT2D eigenvalue weighted by atomic mass is 10.0. The van der Waals surface area contributed by atoms with Crippen molar-refractivity contribution in [3.63, 3.8) is 0 Å². The number of hydrogen-bond acceptors (Lipinski definition) is 2. The van der Waals surface area contributed by atoms with Crippen molar-refractivity contribution in [2.45, 2.75) is 0 Å². The third-order valence-corrected chi connectivity index (χ3v) is 3.85. The van der Waals surface area contributed by atoms with Crippen molar-refractivity contribution in [2.75, 3.05) is 5.32 Å². The van der Waals surface area contributed by atoms with Crippen molar-refractivity contribution in [3.8, 4) is 6.07 Å². The molecular formula is C18H11N3O.